The highest BCUT2D eigenvalue weighted by Gasteiger charge is 2.48. The highest BCUT2D eigenvalue weighted by atomic mass is 79.9. The molecule has 0 aliphatic carbocycles. The fourth-order valence-corrected chi connectivity index (χ4v) is 2.42. The molecular formula is C12H12AlBr3O6. The Morgan fingerprint density at radius 3 is 1.09 bits per heavy atom. The first-order chi connectivity index (χ1) is 10.1. The van der Waals surface area contributed by atoms with Crippen molar-refractivity contribution in [3.8, 4) is 0 Å². The largest absolute Gasteiger partial charge is 1.20 e. The lowest BCUT2D eigenvalue weighted by Crippen LogP contribution is -2.33. The number of hydrogen-bond acceptors (Lipinski definition) is 6. The van der Waals surface area contributed by atoms with Crippen LogP contribution in [0.2, 0.25) is 0 Å². The van der Waals surface area contributed by atoms with E-state index in [0.717, 1.165) is 18.2 Å². The van der Waals surface area contributed by atoms with Gasteiger partial charge in [-0.3, -0.25) is 14.4 Å². The summed E-state index contributed by atoms with van der Waals surface area (Å²) in [5.41, 5.74) is 0. The van der Waals surface area contributed by atoms with E-state index in [2.05, 4.69) is 47.8 Å². The number of allylic oxidation sites excluding steroid dienone is 3. The average molecular weight is 519 g/mol. The normalized spacial score (nSPS) is 12.5. The van der Waals surface area contributed by atoms with Gasteiger partial charge in [-0.05, 0) is 34.2 Å². The van der Waals surface area contributed by atoms with Gasteiger partial charge in [-0.1, -0.05) is 47.8 Å². The van der Waals surface area contributed by atoms with Crippen molar-refractivity contribution < 1.29 is 25.7 Å². The van der Waals surface area contributed by atoms with Crippen LogP contribution in [0.15, 0.2) is 31.7 Å². The molecule has 22 heavy (non-hydrogen) atoms. The van der Waals surface area contributed by atoms with Crippen molar-refractivity contribution in [2.75, 3.05) is 0 Å². The molecule has 0 aromatic rings. The molecule has 10 heteroatoms. The molecule has 0 unspecified atom stereocenters. The van der Waals surface area contributed by atoms with E-state index in [1.54, 1.807) is 20.8 Å². The minimum Gasteiger partial charge on any atom is -0.547 e. The zero-order chi connectivity index (χ0) is 17.3. The van der Waals surface area contributed by atoms with Gasteiger partial charge in [0.25, 0.3) is 0 Å². The molecule has 120 valence electrons. The van der Waals surface area contributed by atoms with Crippen molar-refractivity contribution in [2.24, 2.45) is 0 Å². The van der Waals surface area contributed by atoms with Gasteiger partial charge in [-0.25, -0.2) is 0 Å². The lowest BCUT2D eigenvalue weighted by molar-refractivity contribution is -0.141. The molecule has 0 aliphatic rings. The van der Waals surface area contributed by atoms with Crippen molar-refractivity contribution in [3.63, 3.8) is 0 Å². The predicted molar refractivity (Wildman–Crippen MR) is 92.1 cm³/mol. The summed E-state index contributed by atoms with van der Waals surface area (Å²) in [5.74, 6) is -2.36. The van der Waals surface area contributed by atoms with Gasteiger partial charge in [-0.2, -0.15) is 0 Å². The second-order valence-corrected chi connectivity index (χ2v) is 8.83. The maximum atomic E-state index is 11.5. The van der Waals surface area contributed by atoms with Crippen LogP contribution in [0.3, 0.4) is 0 Å². The minimum atomic E-state index is -3.33. The van der Waals surface area contributed by atoms with Crippen LogP contribution in [-0.4, -0.2) is 33.1 Å². The van der Waals surface area contributed by atoms with Crippen LogP contribution >= 0.6 is 47.8 Å². The molecule has 0 atom stereocenters. The van der Waals surface area contributed by atoms with Gasteiger partial charge >= 0.3 is 33.1 Å². The van der Waals surface area contributed by atoms with E-state index in [9.17, 15) is 14.4 Å². The van der Waals surface area contributed by atoms with Crippen LogP contribution in [0.4, 0.5) is 0 Å². The SMILES string of the molecule is C/C(Br)=C/C(=O)[O][Al]([O]C(=O)/C=C(/C)Br)[O]C(=O)/C=C(/C)Br. The van der Waals surface area contributed by atoms with Crippen LogP contribution in [-0.2, 0) is 25.7 Å². The molecule has 6 nitrogen and oxygen atoms in total. The van der Waals surface area contributed by atoms with Gasteiger partial charge in [-0.15, -0.1) is 0 Å². The number of carbonyl (C=O) groups is 3. The lowest BCUT2D eigenvalue weighted by Gasteiger charge is -2.10. The van der Waals surface area contributed by atoms with E-state index >= 15 is 0 Å². The van der Waals surface area contributed by atoms with Gasteiger partial charge in [0, 0.05) is 18.2 Å². The van der Waals surface area contributed by atoms with Crippen LogP contribution < -0.4 is 0 Å². The maximum Gasteiger partial charge on any atom is 1.20 e. The summed E-state index contributed by atoms with van der Waals surface area (Å²) in [6.07, 6.45) is 3.37. The molecule has 0 fully saturated rings. The summed E-state index contributed by atoms with van der Waals surface area (Å²) >= 11 is 5.85. The molecule has 0 spiro atoms. The zero-order valence-electron chi connectivity index (χ0n) is 11.9. The molecule has 0 radical (unpaired) electrons. The highest BCUT2D eigenvalue weighted by Crippen LogP contribution is 2.08. The Balaban J connectivity index is 4.98. The third-order valence-electron chi connectivity index (χ3n) is 1.59. The number of carbonyl (C=O) groups excluding carboxylic acids is 3. The van der Waals surface area contributed by atoms with Crippen molar-refractivity contribution in [1.82, 2.24) is 0 Å². The summed E-state index contributed by atoms with van der Waals surface area (Å²) in [5, 5.41) is 0. The van der Waals surface area contributed by atoms with E-state index in [-0.39, 0.29) is 0 Å². The van der Waals surface area contributed by atoms with Crippen LogP contribution in [0.5, 0.6) is 0 Å². The highest BCUT2D eigenvalue weighted by molar-refractivity contribution is 9.12. The molecule has 0 saturated carbocycles. The molecule has 0 amide bonds. The maximum absolute atomic E-state index is 11.5. The van der Waals surface area contributed by atoms with Gasteiger partial charge in [0.2, 0.25) is 0 Å². The molecule has 0 aromatic heterocycles. The smallest absolute Gasteiger partial charge is 0.547 e. The first-order valence-electron chi connectivity index (χ1n) is 5.73. The number of halogens is 3. The lowest BCUT2D eigenvalue weighted by atomic mass is 10.5. The van der Waals surface area contributed by atoms with E-state index in [4.69, 9.17) is 11.4 Å². The van der Waals surface area contributed by atoms with Crippen molar-refractivity contribution in [3.05, 3.63) is 31.7 Å². The fourth-order valence-electron chi connectivity index (χ4n) is 0.946. The van der Waals surface area contributed by atoms with Crippen molar-refractivity contribution >= 4 is 80.8 Å². The van der Waals surface area contributed by atoms with E-state index in [1.807, 2.05) is 0 Å². The number of rotatable bonds is 6. The minimum absolute atomic E-state index is 0.510. The second-order valence-electron chi connectivity index (χ2n) is 3.79. The molecule has 0 bridgehead atoms. The first kappa shape index (κ1) is 21.6. The summed E-state index contributed by atoms with van der Waals surface area (Å²) in [7, 11) is 0. The van der Waals surface area contributed by atoms with Gasteiger partial charge < -0.3 is 11.4 Å². The molecular weight excluding hydrogens is 507 g/mol. The van der Waals surface area contributed by atoms with Crippen LogP contribution in [0.1, 0.15) is 20.8 Å². The monoisotopic (exact) mass is 516 g/mol. The fraction of sp³-hybridized carbons (Fsp3) is 0.250. The Hall–Kier alpha value is -0.398. The third kappa shape index (κ3) is 12.2. The Morgan fingerprint density at radius 2 is 0.909 bits per heavy atom. The van der Waals surface area contributed by atoms with E-state index in [0.29, 0.717) is 13.4 Å². The van der Waals surface area contributed by atoms with Crippen molar-refractivity contribution in [1.29, 1.82) is 0 Å². The molecule has 0 aliphatic heterocycles. The molecule has 0 N–H and O–H groups in total. The Labute approximate surface area is 158 Å². The topological polar surface area (TPSA) is 78.9 Å². The van der Waals surface area contributed by atoms with Crippen molar-refractivity contribution in [2.45, 2.75) is 20.8 Å². The summed E-state index contributed by atoms with van der Waals surface area (Å²) in [4.78, 5) is 34.6. The Bertz CT molecular complexity index is 453. The quantitative estimate of drug-likeness (QED) is 0.396. The standard InChI is InChI=1S/3C4H5BrO2.Al/c3*1-3(5)2-4(6)7;/h3*2H,1H3,(H,6,7);/q;;;+3/p-3/b3*3-2-;. The third-order valence-corrected chi connectivity index (χ3v) is 3.55. The van der Waals surface area contributed by atoms with Gasteiger partial charge in [0.1, 0.15) is 0 Å². The Morgan fingerprint density at radius 1 is 0.682 bits per heavy atom. The molecule has 0 saturated heterocycles. The van der Waals surface area contributed by atoms with Gasteiger partial charge in [0.05, 0.1) is 0 Å². The first-order valence-corrected chi connectivity index (χ1v) is 9.52. The van der Waals surface area contributed by atoms with Crippen LogP contribution in [0.25, 0.3) is 0 Å². The zero-order valence-corrected chi connectivity index (χ0v) is 17.8. The molecule has 0 heterocycles. The second kappa shape index (κ2) is 11.2. The summed E-state index contributed by atoms with van der Waals surface area (Å²) < 4.78 is 16.2. The molecule has 0 aromatic carbocycles. The Kier molecular flexibility index (Phi) is 11.0. The van der Waals surface area contributed by atoms with Gasteiger partial charge in [0.15, 0.2) is 0 Å². The predicted octanol–water partition coefficient (Wildman–Crippen LogP) is 3.50. The van der Waals surface area contributed by atoms with E-state index in [1.165, 1.54) is 0 Å². The van der Waals surface area contributed by atoms with Crippen LogP contribution in [0, 0.1) is 0 Å². The molecule has 0 rings (SSSR count). The summed E-state index contributed by atoms with van der Waals surface area (Å²) in [6, 6.07) is 0. The summed E-state index contributed by atoms with van der Waals surface area (Å²) in [6.45, 7) is 4.84. The average Bonchev–Trinajstić information content (AvgIpc) is 2.23. The van der Waals surface area contributed by atoms with E-state index < -0.39 is 33.1 Å². The number of hydrogen-bond donors (Lipinski definition) is 0.